The Morgan fingerprint density at radius 1 is 1.25 bits per heavy atom. The van der Waals surface area contributed by atoms with Crippen LogP contribution in [0.25, 0.3) is 0 Å². The molecule has 16 heavy (non-hydrogen) atoms. The molecule has 1 aromatic rings. The first-order chi connectivity index (χ1) is 7.78. The molecule has 0 atom stereocenters. The van der Waals surface area contributed by atoms with Crippen molar-refractivity contribution in [2.24, 2.45) is 0 Å². The first kappa shape index (κ1) is 11.0. The number of anilines is 1. The fourth-order valence-corrected chi connectivity index (χ4v) is 2.31. The highest BCUT2D eigenvalue weighted by Gasteiger charge is 2.32. The van der Waals surface area contributed by atoms with Gasteiger partial charge in [-0.25, -0.2) is 0 Å². The van der Waals surface area contributed by atoms with Crippen molar-refractivity contribution in [2.75, 3.05) is 11.9 Å². The minimum Gasteiger partial charge on any atom is -0.394 e. The first-order valence-electron chi connectivity index (χ1n) is 5.67. The van der Waals surface area contributed by atoms with E-state index >= 15 is 0 Å². The van der Waals surface area contributed by atoms with Gasteiger partial charge in [-0.2, -0.15) is 5.26 Å². The number of nitriles is 1. The summed E-state index contributed by atoms with van der Waals surface area (Å²) in [6.45, 7) is 0.174. The zero-order valence-electron chi connectivity index (χ0n) is 9.24. The average Bonchev–Trinajstić information content (AvgIpc) is 2.79. The van der Waals surface area contributed by atoms with Gasteiger partial charge in [0, 0.05) is 5.69 Å². The van der Waals surface area contributed by atoms with Crippen LogP contribution in [0.4, 0.5) is 5.69 Å². The topological polar surface area (TPSA) is 56.0 Å². The molecule has 0 aromatic heterocycles. The number of nitrogens with zero attached hydrogens (tertiary/aromatic N) is 1. The highest BCUT2D eigenvalue weighted by atomic mass is 16.3. The summed E-state index contributed by atoms with van der Waals surface area (Å²) in [7, 11) is 0. The van der Waals surface area contributed by atoms with Gasteiger partial charge in [0.2, 0.25) is 0 Å². The lowest BCUT2D eigenvalue weighted by Gasteiger charge is -2.29. The Hall–Kier alpha value is -1.53. The summed E-state index contributed by atoms with van der Waals surface area (Å²) in [5, 5.41) is 21.6. The molecule has 0 bridgehead atoms. The van der Waals surface area contributed by atoms with E-state index in [-0.39, 0.29) is 12.1 Å². The van der Waals surface area contributed by atoms with E-state index in [1.54, 1.807) is 12.1 Å². The second-order valence-electron chi connectivity index (χ2n) is 4.46. The minimum atomic E-state index is -0.145. The van der Waals surface area contributed by atoms with E-state index in [9.17, 15) is 5.11 Å². The number of benzene rings is 1. The predicted octanol–water partition coefficient (Wildman–Crippen LogP) is 2.28. The van der Waals surface area contributed by atoms with Crippen LogP contribution in [0.15, 0.2) is 24.3 Å². The molecule has 0 heterocycles. The second kappa shape index (κ2) is 4.54. The molecule has 1 fully saturated rings. The zero-order chi connectivity index (χ0) is 11.4. The molecule has 0 radical (unpaired) electrons. The smallest absolute Gasteiger partial charge is 0.0991 e. The van der Waals surface area contributed by atoms with E-state index in [0.29, 0.717) is 5.56 Å². The van der Waals surface area contributed by atoms with E-state index in [2.05, 4.69) is 11.4 Å². The molecule has 1 aliphatic rings. The Morgan fingerprint density at radius 3 is 2.38 bits per heavy atom. The molecule has 2 rings (SSSR count). The van der Waals surface area contributed by atoms with E-state index in [4.69, 9.17) is 5.26 Å². The minimum absolute atomic E-state index is 0.145. The van der Waals surface area contributed by atoms with Crippen LogP contribution >= 0.6 is 0 Å². The molecular formula is C13H16N2O. The first-order valence-corrected chi connectivity index (χ1v) is 5.67. The molecule has 2 N–H and O–H groups in total. The Labute approximate surface area is 95.7 Å². The van der Waals surface area contributed by atoms with Crippen LogP contribution < -0.4 is 5.32 Å². The van der Waals surface area contributed by atoms with Crippen molar-refractivity contribution in [2.45, 2.75) is 31.2 Å². The summed E-state index contributed by atoms with van der Waals surface area (Å²) in [6.07, 6.45) is 4.38. The molecule has 0 spiro atoms. The summed E-state index contributed by atoms with van der Waals surface area (Å²) >= 11 is 0. The molecule has 1 aliphatic carbocycles. The van der Waals surface area contributed by atoms with E-state index < -0.39 is 0 Å². The van der Waals surface area contributed by atoms with E-state index in [0.717, 1.165) is 18.5 Å². The lowest BCUT2D eigenvalue weighted by molar-refractivity contribution is 0.214. The van der Waals surface area contributed by atoms with Crippen molar-refractivity contribution in [1.29, 1.82) is 5.26 Å². The SMILES string of the molecule is N#Cc1ccc(NC2(CO)CCCC2)cc1. The molecule has 0 amide bonds. The average molecular weight is 216 g/mol. The summed E-state index contributed by atoms with van der Waals surface area (Å²) in [5.74, 6) is 0. The number of hydrogen-bond acceptors (Lipinski definition) is 3. The van der Waals surface area contributed by atoms with Crippen LogP contribution in [0.5, 0.6) is 0 Å². The summed E-state index contributed by atoms with van der Waals surface area (Å²) < 4.78 is 0. The zero-order valence-corrected chi connectivity index (χ0v) is 9.24. The lowest BCUT2D eigenvalue weighted by Crippen LogP contribution is -2.38. The highest BCUT2D eigenvalue weighted by molar-refractivity contribution is 5.49. The van der Waals surface area contributed by atoms with E-state index in [1.165, 1.54) is 12.8 Å². The molecule has 3 nitrogen and oxygen atoms in total. The van der Waals surface area contributed by atoms with Gasteiger partial charge in [0.25, 0.3) is 0 Å². The third kappa shape index (κ3) is 2.17. The quantitative estimate of drug-likeness (QED) is 0.815. The molecule has 0 aliphatic heterocycles. The summed E-state index contributed by atoms with van der Waals surface area (Å²) in [6, 6.07) is 9.48. The molecular weight excluding hydrogens is 200 g/mol. The third-order valence-electron chi connectivity index (χ3n) is 3.29. The molecule has 1 saturated carbocycles. The van der Waals surface area contributed by atoms with Crippen LogP contribution in [0.3, 0.4) is 0 Å². The van der Waals surface area contributed by atoms with Crippen LogP contribution in [0, 0.1) is 11.3 Å². The Bertz CT molecular complexity index is 385. The van der Waals surface area contributed by atoms with Crippen LogP contribution in [0.1, 0.15) is 31.2 Å². The molecule has 3 heteroatoms. The van der Waals surface area contributed by atoms with Crippen molar-refractivity contribution in [3.05, 3.63) is 29.8 Å². The van der Waals surface area contributed by atoms with Crippen LogP contribution in [-0.4, -0.2) is 17.3 Å². The van der Waals surface area contributed by atoms with Gasteiger partial charge in [0.05, 0.1) is 23.8 Å². The second-order valence-corrected chi connectivity index (χ2v) is 4.46. The highest BCUT2D eigenvalue weighted by Crippen LogP contribution is 2.32. The van der Waals surface area contributed by atoms with Crippen LogP contribution in [-0.2, 0) is 0 Å². The fourth-order valence-electron chi connectivity index (χ4n) is 2.31. The van der Waals surface area contributed by atoms with Gasteiger partial charge in [-0.05, 0) is 37.1 Å². The normalized spacial score (nSPS) is 18.0. The van der Waals surface area contributed by atoms with Crippen molar-refractivity contribution in [3.8, 4) is 6.07 Å². The Kier molecular flexibility index (Phi) is 3.12. The lowest BCUT2D eigenvalue weighted by atomic mass is 9.98. The maximum Gasteiger partial charge on any atom is 0.0991 e. The third-order valence-corrected chi connectivity index (χ3v) is 3.29. The maximum absolute atomic E-state index is 9.46. The van der Waals surface area contributed by atoms with Gasteiger partial charge >= 0.3 is 0 Å². The number of rotatable bonds is 3. The standard InChI is InChI=1S/C13H16N2O/c14-9-11-3-5-12(6-4-11)15-13(10-16)7-1-2-8-13/h3-6,15-16H,1-2,7-8,10H2. The van der Waals surface area contributed by atoms with Crippen molar-refractivity contribution >= 4 is 5.69 Å². The van der Waals surface area contributed by atoms with Crippen molar-refractivity contribution in [1.82, 2.24) is 0 Å². The van der Waals surface area contributed by atoms with Gasteiger partial charge in [0.15, 0.2) is 0 Å². The number of nitrogens with one attached hydrogen (secondary N) is 1. The fraction of sp³-hybridized carbons (Fsp3) is 0.462. The van der Waals surface area contributed by atoms with Gasteiger partial charge in [0.1, 0.15) is 0 Å². The van der Waals surface area contributed by atoms with Gasteiger partial charge in [-0.1, -0.05) is 12.8 Å². The van der Waals surface area contributed by atoms with Crippen LogP contribution in [0.2, 0.25) is 0 Å². The summed E-state index contributed by atoms with van der Waals surface area (Å²) in [5.41, 5.74) is 1.50. The number of aliphatic hydroxyl groups is 1. The molecule has 0 unspecified atom stereocenters. The largest absolute Gasteiger partial charge is 0.394 e. The van der Waals surface area contributed by atoms with Crippen molar-refractivity contribution < 1.29 is 5.11 Å². The molecule has 0 saturated heterocycles. The monoisotopic (exact) mass is 216 g/mol. The maximum atomic E-state index is 9.46. The van der Waals surface area contributed by atoms with Gasteiger partial charge in [-0.15, -0.1) is 0 Å². The summed E-state index contributed by atoms with van der Waals surface area (Å²) in [4.78, 5) is 0. The molecule has 84 valence electrons. The number of aliphatic hydroxyl groups excluding tert-OH is 1. The van der Waals surface area contributed by atoms with Crippen molar-refractivity contribution in [3.63, 3.8) is 0 Å². The predicted molar refractivity (Wildman–Crippen MR) is 63.1 cm³/mol. The molecule has 1 aromatic carbocycles. The van der Waals surface area contributed by atoms with Gasteiger partial charge < -0.3 is 10.4 Å². The van der Waals surface area contributed by atoms with Gasteiger partial charge in [-0.3, -0.25) is 0 Å². The van der Waals surface area contributed by atoms with E-state index in [1.807, 2.05) is 12.1 Å². The Balaban J connectivity index is 2.10. The Morgan fingerprint density at radius 2 is 1.88 bits per heavy atom. The number of hydrogen-bond donors (Lipinski definition) is 2.